The molecule has 1 aromatic carbocycles. The molecule has 27 heavy (non-hydrogen) atoms. The van der Waals surface area contributed by atoms with Crippen LogP contribution in [-0.2, 0) is 23.8 Å². The zero-order valence-electron chi connectivity index (χ0n) is 17.2. The van der Waals surface area contributed by atoms with E-state index in [9.17, 15) is 14.6 Å². The molecule has 0 aliphatic carbocycles. The molecule has 0 radical (unpaired) electrons. The topological polar surface area (TPSA) is 94.1 Å². The van der Waals surface area contributed by atoms with E-state index >= 15 is 0 Å². The van der Waals surface area contributed by atoms with Crippen molar-refractivity contribution in [3.8, 4) is 6.07 Å². The number of nitriles is 1. The molecule has 1 unspecified atom stereocenters. The summed E-state index contributed by atoms with van der Waals surface area (Å²) in [7, 11) is 1.63. The van der Waals surface area contributed by atoms with Gasteiger partial charge in [-0.25, -0.2) is 4.98 Å². The Hall–Kier alpha value is -2.17. The molecular weight excluding hydrogens is 360 g/mol. The highest BCUT2D eigenvalue weighted by Gasteiger charge is 2.29. The van der Waals surface area contributed by atoms with Crippen molar-refractivity contribution in [3.05, 3.63) is 39.4 Å². The second-order valence-corrected chi connectivity index (χ2v) is 10.2. The van der Waals surface area contributed by atoms with E-state index in [-0.39, 0.29) is 5.56 Å². The van der Waals surface area contributed by atoms with Gasteiger partial charge in [-0.1, -0.05) is 4.40 Å². The standard InChI is InChI=1S/C20H26N4O2S/c1-12-9-14(13(2)23-27(26)19(3,4)5)16-15(10-12)17(25)24(8)18(22-16)20(6,7)11-21/h9-10H,1-8H3. The molecule has 0 bridgehead atoms. The number of hydrogen-bond acceptors (Lipinski definition) is 5. The van der Waals surface area contributed by atoms with Crippen molar-refractivity contribution >= 4 is 28.0 Å². The molecule has 1 heterocycles. The summed E-state index contributed by atoms with van der Waals surface area (Å²) in [6.45, 7) is 12.7. The van der Waals surface area contributed by atoms with Gasteiger partial charge in [0, 0.05) is 12.6 Å². The van der Waals surface area contributed by atoms with E-state index in [0.29, 0.717) is 28.0 Å². The van der Waals surface area contributed by atoms with Crippen molar-refractivity contribution in [1.29, 1.82) is 5.26 Å². The molecule has 0 amide bonds. The van der Waals surface area contributed by atoms with E-state index in [1.165, 1.54) is 4.57 Å². The molecule has 2 rings (SSSR count). The molecule has 0 aliphatic rings. The normalized spacial score (nSPS) is 14.3. The highest BCUT2D eigenvalue weighted by atomic mass is 32.2. The summed E-state index contributed by atoms with van der Waals surface area (Å²) in [5.74, 6) is 0.386. The number of benzene rings is 1. The Balaban J connectivity index is 2.88. The van der Waals surface area contributed by atoms with Gasteiger partial charge in [-0.2, -0.15) is 5.26 Å². The van der Waals surface area contributed by atoms with Crippen LogP contribution in [0.15, 0.2) is 21.3 Å². The van der Waals surface area contributed by atoms with Gasteiger partial charge < -0.3 is 4.55 Å². The van der Waals surface area contributed by atoms with E-state index in [1.54, 1.807) is 33.9 Å². The summed E-state index contributed by atoms with van der Waals surface area (Å²) in [5, 5.41) is 9.96. The fraction of sp³-hybridized carbons (Fsp3) is 0.500. The maximum Gasteiger partial charge on any atom is 0.261 e. The Morgan fingerprint density at radius 1 is 1.30 bits per heavy atom. The van der Waals surface area contributed by atoms with Gasteiger partial charge in [0.25, 0.3) is 5.56 Å². The zero-order chi connectivity index (χ0) is 20.7. The van der Waals surface area contributed by atoms with Crippen LogP contribution in [0.2, 0.25) is 0 Å². The molecule has 2 aromatic rings. The third-order valence-electron chi connectivity index (χ3n) is 4.30. The molecule has 0 N–H and O–H groups in total. The second kappa shape index (κ2) is 7.10. The lowest BCUT2D eigenvalue weighted by molar-refractivity contribution is 0.561. The molecule has 0 saturated heterocycles. The van der Waals surface area contributed by atoms with Crippen LogP contribution < -0.4 is 5.56 Å². The smallest absolute Gasteiger partial charge is 0.261 e. The molecule has 0 spiro atoms. The Kier molecular flexibility index (Phi) is 5.56. The summed E-state index contributed by atoms with van der Waals surface area (Å²) < 4.78 is 17.7. The van der Waals surface area contributed by atoms with Crippen LogP contribution in [0.3, 0.4) is 0 Å². The van der Waals surface area contributed by atoms with Crippen molar-refractivity contribution < 1.29 is 4.55 Å². The quantitative estimate of drug-likeness (QED) is 0.597. The van der Waals surface area contributed by atoms with E-state index in [4.69, 9.17) is 0 Å². The maximum atomic E-state index is 12.9. The van der Waals surface area contributed by atoms with Crippen LogP contribution in [0, 0.1) is 18.3 Å². The summed E-state index contributed by atoms with van der Waals surface area (Å²) in [5.41, 5.74) is 1.44. The summed E-state index contributed by atoms with van der Waals surface area (Å²) in [6, 6.07) is 5.87. The summed E-state index contributed by atoms with van der Waals surface area (Å²) in [4.78, 5) is 17.6. The Bertz CT molecular complexity index is 1020. The van der Waals surface area contributed by atoms with Gasteiger partial charge in [-0.05, 0) is 66.2 Å². The highest BCUT2D eigenvalue weighted by Crippen LogP contribution is 2.25. The van der Waals surface area contributed by atoms with Gasteiger partial charge in [-0.15, -0.1) is 0 Å². The average Bonchev–Trinajstić information content (AvgIpc) is 2.56. The van der Waals surface area contributed by atoms with Crippen LogP contribution in [0.25, 0.3) is 10.9 Å². The summed E-state index contributed by atoms with van der Waals surface area (Å²) >= 11 is -1.43. The van der Waals surface area contributed by atoms with Gasteiger partial charge in [0.1, 0.15) is 27.3 Å². The number of aromatic nitrogens is 2. The predicted molar refractivity (Wildman–Crippen MR) is 110 cm³/mol. The largest absolute Gasteiger partial charge is 0.591 e. The van der Waals surface area contributed by atoms with Gasteiger partial charge in [0.2, 0.25) is 0 Å². The van der Waals surface area contributed by atoms with Crippen molar-refractivity contribution in [2.24, 2.45) is 11.4 Å². The third-order valence-corrected chi connectivity index (χ3v) is 5.78. The molecule has 144 valence electrons. The molecule has 7 heteroatoms. The number of hydrogen-bond donors (Lipinski definition) is 0. The van der Waals surface area contributed by atoms with E-state index in [1.807, 2.05) is 33.8 Å². The number of nitrogens with zero attached hydrogens (tertiary/aromatic N) is 4. The Morgan fingerprint density at radius 3 is 2.41 bits per heavy atom. The van der Waals surface area contributed by atoms with Gasteiger partial charge in [0.05, 0.1) is 22.7 Å². The zero-order valence-corrected chi connectivity index (χ0v) is 18.0. The molecule has 6 nitrogen and oxygen atoms in total. The van der Waals surface area contributed by atoms with E-state index in [2.05, 4.69) is 15.5 Å². The van der Waals surface area contributed by atoms with Gasteiger partial charge in [0.15, 0.2) is 0 Å². The lowest BCUT2D eigenvalue weighted by atomic mass is 9.93. The van der Waals surface area contributed by atoms with Crippen LogP contribution in [0.5, 0.6) is 0 Å². The minimum absolute atomic E-state index is 0.215. The highest BCUT2D eigenvalue weighted by molar-refractivity contribution is 7.91. The van der Waals surface area contributed by atoms with Crippen molar-refractivity contribution in [2.45, 2.75) is 58.6 Å². The van der Waals surface area contributed by atoms with Crippen molar-refractivity contribution in [2.75, 3.05) is 0 Å². The van der Waals surface area contributed by atoms with E-state index in [0.717, 1.165) is 5.56 Å². The first-order valence-corrected chi connectivity index (χ1v) is 9.81. The lowest BCUT2D eigenvalue weighted by Gasteiger charge is -2.21. The SMILES string of the molecule is CC(=N[S+]([O-])C(C)(C)C)c1cc(C)cc2c(=O)n(C)c(C(C)(C)C#N)nc12. The van der Waals surface area contributed by atoms with E-state index < -0.39 is 21.5 Å². The predicted octanol–water partition coefficient (Wildman–Crippen LogP) is 3.31. The molecule has 1 aromatic heterocycles. The minimum Gasteiger partial charge on any atom is -0.591 e. The fourth-order valence-corrected chi connectivity index (χ4v) is 3.34. The maximum absolute atomic E-state index is 12.9. The van der Waals surface area contributed by atoms with Crippen LogP contribution in [-0.4, -0.2) is 24.6 Å². The number of rotatable bonds is 3. The first-order valence-electron chi connectivity index (χ1n) is 8.70. The molecule has 0 saturated carbocycles. The van der Waals surface area contributed by atoms with Crippen molar-refractivity contribution in [3.63, 3.8) is 0 Å². The molecule has 0 aliphatic heterocycles. The van der Waals surface area contributed by atoms with Crippen LogP contribution >= 0.6 is 0 Å². The summed E-state index contributed by atoms with van der Waals surface area (Å²) in [6.07, 6.45) is 0. The van der Waals surface area contributed by atoms with Crippen LogP contribution in [0.4, 0.5) is 0 Å². The van der Waals surface area contributed by atoms with Crippen molar-refractivity contribution in [1.82, 2.24) is 9.55 Å². The second-order valence-electron chi connectivity index (χ2n) is 8.28. The third kappa shape index (κ3) is 4.07. The molecular formula is C20H26N4O2S. The number of aryl methyl sites for hydroxylation is 1. The molecule has 0 fully saturated rings. The van der Waals surface area contributed by atoms with Gasteiger partial charge >= 0.3 is 0 Å². The van der Waals surface area contributed by atoms with Crippen LogP contribution in [0.1, 0.15) is 58.5 Å². The lowest BCUT2D eigenvalue weighted by Crippen LogP contribution is -2.31. The average molecular weight is 387 g/mol. The Labute approximate surface area is 163 Å². The monoisotopic (exact) mass is 386 g/mol. The first kappa shape index (κ1) is 21.1. The Morgan fingerprint density at radius 2 is 1.89 bits per heavy atom. The molecule has 1 atom stereocenters. The minimum atomic E-state index is -1.43. The fourth-order valence-electron chi connectivity index (χ4n) is 2.72. The first-order chi connectivity index (χ1) is 12.3. The number of fused-ring (bicyclic) bond motifs is 1. The van der Waals surface area contributed by atoms with Gasteiger partial charge in [-0.3, -0.25) is 9.36 Å².